The third-order valence-electron chi connectivity index (χ3n) is 2.29. The fourth-order valence-corrected chi connectivity index (χ4v) is 1.39. The zero-order valence-corrected chi connectivity index (χ0v) is 8.63. The number of nitrogens with one attached hydrogen (secondary N) is 2. The van der Waals surface area contributed by atoms with Gasteiger partial charge in [0.25, 0.3) is 0 Å². The van der Waals surface area contributed by atoms with Gasteiger partial charge in [-0.2, -0.15) is 5.26 Å². The highest BCUT2D eigenvalue weighted by atomic mass is 14.3. The van der Waals surface area contributed by atoms with Crippen molar-refractivity contribution in [2.75, 3.05) is 0 Å². The first-order valence-corrected chi connectivity index (χ1v) is 5.21. The normalized spacial score (nSPS) is 11.6. The van der Waals surface area contributed by atoms with Crippen molar-refractivity contribution in [2.45, 2.75) is 44.9 Å². The number of hydrogen-bond donors (Lipinski definition) is 2. The summed E-state index contributed by atoms with van der Waals surface area (Å²) in [7, 11) is 0. The summed E-state index contributed by atoms with van der Waals surface area (Å²) >= 11 is 0. The molecule has 1 unspecified atom stereocenters. The molecule has 3 nitrogen and oxygen atoms in total. The van der Waals surface area contributed by atoms with Gasteiger partial charge in [0.2, 0.25) is 0 Å². The van der Waals surface area contributed by atoms with Crippen molar-refractivity contribution >= 4 is 12.4 Å². The lowest BCUT2D eigenvalue weighted by molar-refractivity contribution is 0.540. The van der Waals surface area contributed by atoms with Crippen LogP contribution < -0.4 is 0 Å². The van der Waals surface area contributed by atoms with Crippen LogP contribution in [0.15, 0.2) is 0 Å². The van der Waals surface area contributed by atoms with Crippen molar-refractivity contribution in [3.8, 4) is 6.07 Å². The second kappa shape index (κ2) is 9.91. The fraction of sp³-hybridized carbons (Fsp3) is 0.727. The van der Waals surface area contributed by atoms with Crippen LogP contribution in [0.4, 0.5) is 0 Å². The quantitative estimate of drug-likeness (QED) is 0.428. The fourth-order valence-electron chi connectivity index (χ4n) is 1.39. The van der Waals surface area contributed by atoms with Crippen molar-refractivity contribution < 1.29 is 0 Å². The van der Waals surface area contributed by atoms with Crippen LogP contribution in [0.3, 0.4) is 0 Å². The van der Waals surface area contributed by atoms with E-state index in [1.807, 2.05) is 0 Å². The molecule has 0 aliphatic rings. The van der Waals surface area contributed by atoms with Crippen LogP contribution >= 0.6 is 0 Å². The van der Waals surface area contributed by atoms with Gasteiger partial charge in [-0.1, -0.05) is 12.8 Å². The summed E-state index contributed by atoms with van der Waals surface area (Å²) < 4.78 is 0. The molecule has 0 aromatic carbocycles. The standard InChI is InChI=1S/C11H19N3/c12-8-4-2-1-3-6-11(10-14)7-5-9-13/h8,10-12,14H,1-7H2. The zero-order chi connectivity index (χ0) is 10.6. The smallest absolute Gasteiger partial charge is 0.0621 e. The molecule has 0 amide bonds. The number of unbranched alkanes of at least 4 members (excludes halogenated alkanes) is 3. The lowest BCUT2D eigenvalue weighted by Gasteiger charge is -2.08. The lowest BCUT2D eigenvalue weighted by atomic mass is 9.97. The molecule has 0 radical (unpaired) electrons. The Kier molecular flexibility index (Phi) is 9.09. The maximum atomic E-state index is 8.40. The SMILES string of the molecule is N#CCCC(C=N)CCCCCC=N. The topological polar surface area (TPSA) is 71.5 Å². The summed E-state index contributed by atoms with van der Waals surface area (Å²) in [5.41, 5.74) is 0. The molecular formula is C11H19N3. The summed E-state index contributed by atoms with van der Waals surface area (Å²) in [5, 5.41) is 22.4. The van der Waals surface area contributed by atoms with Gasteiger partial charge in [0.1, 0.15) is 0 Å². The van der Waals surface area contributed by atoms with Crippen LogP contribution in [-0.4, -0.2) is 12.4 Å². The molecule has 0 aliphatic carbocycles. The molecule has 0 rings (SSSR count). The Hall–Kier alpha value is -1.17. The molecule has 0 saturated heterocycles. The first-order chi connectivity index (χ1) is 6.85. The Morgan fingerprint density at radius 1 is 1.14 bits per heavy atom. The van der Waals surface area contributed by atoms with Gasteiger partial charge in [0.05, 0.1) is 6.07 Å². The van der Waals surface area contributed by atoms with E-state index in [1.165, 1.54) is 12.4 Å². The van der Waals surface area contributed by atoms with Gasteiger partial charge >= 0.3 is 0 Å². The summed E-state index contributed by atoms with van der Waals surface area (Å²) in [4.78, 5) is 0. The van der Waals surface area contributed by atoms with E-state index in [1.54, 1.807) is 0 Å². The highest BCUT2D eigenvalue weighted by molar-refractivity contribution is 5.56. The Labute approximate surface area is 86.2 Å². The molecule has 0 bridgehead atoms. The maximum absolute atomic E-state index is 8.40. The molecule has 14 heavy (non-hydrogen) atoms. The summed E-state index contributed by atoms with van der Waals surface area (Å²) in [5.74, 6) is 0.287. The summed E-state index contributed by atoms with van der Waals surface area (Å²) in [6, 6.07) is 2.11. The molecule has 1 atom stereocenters. The molecule has 78 valence electrons. The monoisotopic (exact) mass is 193 g/mol. The van der Waals surface area contributed by atoms with E-state index in [4.69, 9.17) is 16.1 Å². The summed E-state index contributed by atoms with van der Waals surface area (Å²) in [6.07, 6.45) is 9.50. The van der Waals surface area contributed by atoms with E-state index in [-0.39, 0.29) is 5.92 Å². The minimum atomic E-state index is 0.287. The number of rotatable bonds is 9. The lowest BCUT2D eigenvalue weighted by Crippen LogP contribution is -2.01. The molecule has 0 aromatic rings. The van der Waals surface area contributed by atoms with Gasteiger partial charge in [-0.15, -0.1) is 0 Å². The van der Waals surface area contributed by atoms with Gasteiger partial charge in [-0.3, -0.25) is 0 Å². The highest BCUT2D eigenvalue weighted by Gasteiger charge is 2.03. The Balaban J connectivity index is 3.38. The number of hydrogen-bond acceptors (Lipinski definition) is 3. The van der Waals surface area contributed by atoms with E-state index in [2.05, 4.69) is 6.07 Å². The summed E-state index contributed by atoms with van der Waals surface area (Å²) in [6.45, 7) is 0. The van der Waals surface area contributed by atoms with Gasteiger partial charge < -0.3 is 10.8 Å². The third kappa shape index (κ3) is 7.48. The van der Waals surface area contributed by atoms with Crippen LogP contribution in [0.5, 0.6) is 0 Å². The molecule has 0 heterocycles. The predicted octanol–water partition coefficient (Wildman–Crippen LogP) is 3.16. The van der Waals surface area contributed by atoms with Gasteiger partial charge in [0.15, 0.2) is 0 Å². The Morgan fingerprint density at radius 2 is 1.93 bits per heavy atom. The van der Waals surface area contributed by atoms with Gasteiger partial charge in [0, 0.05) is 6.42 Å². The van der Waals surface area contributed by atoms with Crippen molar-refractivity contribution in [2.24, 2.45) is 5.92 Å². The van der Waals surface area contributed by atoms with E-state index < -0.39 is 0 Å². The molecule has 0 saturated carbocycles. The predicted molar refractivity (Wildman–Crippen MR) is 59.0 cm³/mol. The first kappa shape index (κ1) is 12.8. The van der Waals surface area contributed by atoms with Crippen molar-refractivity contribution in [3.05, 3.63) is 0 Å². The molecule has 3 heteroatoms. The first-order valence-electron chi connectivity index (χ1n) is 5.21. The highest BCUT2D eigenvalue weighted by Crippen LogP contribution is 2.13. The van der Waals surface area contributed by atoms with Crippen molar-refractivity contribution in [1.29, 1.82) is 16.1 Å². The minimum absolute atomic E-state index is 0.287. The van der Waals surface area contributed by atoms with Crippen LogP contribution in [-0.2, 0) is 0 Å². The van der Waals surface area contributed by atoms with Crippen LogP contribution in [0.2, 0.25) is 0 Å². The Morgan fingerprint density at radius 3 is 2.50 bits per heavy atom. The van der Waals surface area contributed by atoms with Crippen molar-refractivity contribution in [1.82, 2.24) is 0 Å². The minimum Gasteiger partial charge on any atom is -0.313 e. The van der Waals surface area contributed by atoms with E-state index in [0.29, 0.717) is 6.42 Å². The second-order valence-electron chi connectivity index (χ2n) is 3.47. The number of nitrogens with zero attached hydrogens (tertiary/aromatic N) is 1. The van der Waals surface area contributed by atoms with Crippen LogP contribution in [0.25, 0.3) is 0 Å². The largest absolute Gasteiger partial charge is 0.313 e. The third-order valence-corrected chi connectivity index (χ3v) is 2.29. The van der Waals surface area contributed by atoms with Crippen LogP contribution in [0, 0.1) is 28.1 Å². The van der Waals surface area contributed by atoms with Gasteiger partial charge in [-0.05, 0) is 44.0 Å². The average molecular weight is 193 g/mol. The van der Waals surface area contributed by atoms with E-state index in [0.717, 1.165) is 38.5 Å². The van der Waals surface area contributed by atoms with E-state index in [9.17, 15) is 0 Å². The molecule has 0 spiro atoms. The zero-order valence-electron chi connectivity index (χ0n) is 8.63. The molecular weight excluding hydrogens is 174 g/mol. The number of nitriles is 1. The van der Waals surface area contributed by atoms with Crippen molar-refractivity contribution in [3.63, 3.8) is 0 Å². The van der Waals surface area contributed by atoms with E-state index >= 15 is 0 Å². The molecule has 0 aliphatic heterocycles. The second-order valence-corrected chi connectivity index (χ2v) is 3.47. The maximum Gasteiger partial charge on any atom is 0.0621 e. The Bertz CT molecular complexity index is 193. The molecule has 0 fully saturated rings. The average Bonchev–Trinajstić information content (AvgIpc) is 2.22. The van der Waals surface area contributed by atoms with Gasteiger partial charge in [-0.25, -0.2) is 0 Å². The molecule has 0 aromatic heterocycles. The van der Waals surface area contributed by atoms with Crippen LogP contribution in [0.1, 0.15) is 44.9 Å². The molecule has 2 N–H and O–H groups in total.